The van der Waals surface area contributed by atoms with E-state index in [0.717, 1.165) is 11.3 Å². The highest BCUT2D eigenvalue weighted by Gasteiger charge is 2.19. The number of para-hydroxylation sites is 1. The van der Waals surface area contributed by atoms with Crippen LogP contribution in [0.4, 0.5) is 0 Å². The molecule has 0 aliphatic rings. The van der Waals surface area contributed by atoms with Crippen LogP contribution in [0.15, 0.2) is 93.2 Å². The lowest BCUT2D eigenvalue weighted by molar-refractivity contribution is 0.0943. The predicted octanol–water partition coefficient (Wildman–Crippen LogP) is 5.39. The Morgan fingerprint density at radius 3 is 2.62 bits per heavy atom. The number of amides is 1. The van der Waals surface area contributed by atoms with Gasteiger partial charge in [0.2, 0.25) is 5.89 Å². The monoisotopic (exact) mass is 491 g/mol. The molecule has 0 spiro atoms. The molecule has 170 valence electrons. The molecule has 0 saturated heterocycles. The lowest BCUT2D eigenvalue weighted by Gasteiger charge is -2.10. The minimum absolute atomic E-state index is 0.198. The van der Waals surface area contributed by atoms with Crippen molar-refractivity contribution in [2.24, 2.45) is 0 Å². The Bertz CT molecular complexity index is 1400. The average Bonchev–Trinajstić information content (AvgIpc) is 3.63. The van der Waals surface area contributed by atoms with Crippen LogP contribution in [0.2, 0.25) is 5.02 Å². The Morgan fingerprint density at radius 1 is 1.00 bits per heavy atom. The van der Waals surface area contributed by atoms with Gasteiger partial charge in [-0.05, 0) is 36.4 Å². The molecule has 0 aliphatic carbocycles. The van der Waals surface area contributed by atoms with E-state index in [1.165, 1.54) is 18.0 Å². The highest BCUT2D eigenvalue weighted by molar-refractivity contribution is 7.98. The van der Waals surface area contributed by atoms with Gasteiger partial charge in [-0.1, -0.05) is 53.7 Å². The predicted molar refractivity (Wildman–Crippen MR) is 128 cm³/mol. The molecule has 34 heavy (non-hydrogen) atoms. The normalized spacial score (nSPS) is 11.0. The number of hydrogen-bond donors (Lipinski definition) is 1. The molecule has 0 unspecified atom stereocenters. The fraction of sp³-hybridized carbons (Fsp3) is 0.0833. The summed E-state index contributed by atoms with van der Waals surface area (Å²) >= 11 is 7.83. The van der Waals surface area contributed by atoms with E-state index in [-0.39, 0.29) is 18.1 Å². The molecule has 5 rings (SSSR count). The number of halogens is 1. The van der Waals surface area contributed by atoms with Crippen molar-refractivity contribution in [1.82, 2.24) is 25.1 Å². The topological polar surface area (TPSA) is 99.0 Å². The molecule has 10 heteroatoms. The summed E-state index contributed by atoms with van der Waals surface area (Å²) in [6.07, 6.45) is 2.89. The Balaban J connectivity index is 1.34. The van der Waals surface area contributed by atoms with E-state index in [1.807, 2.05) is 59.2 Å². The van der Waals surface area contributed by atoms with Gasteiger partial charge < -0.3 is 14.2 Å². The minimum atomic E-state index is -0.343. The molecular weight excluding hydrogens is 474 g/mol. The van der Waals surface area contributed by atoms with Gasteiger partial charge >= 0.3 is 0 Å². The first kappa shape index (κ1) is 22.0. The number of benzene rings is 2. The number of carbonyl (C=O) groups excluding carboxylic acids is 1. The van der Waals surface area contributed by atoms with Gasteiger partial charge in [0, 0.05) is 11.3 Å². The summed E-state index contributed by atoms with van der Waals surface area (Å²) < 4.78 is 12.7. The molecule has 0 fully saturated rings. The molecule has 8 nitrogen and oxygen atoms in total. The smallest absolute Gasteiger partial charge is 0.273 e. The fourth-order valence-electron chi connectivity index (χ4n) is 3.27. The van der Waals surface area contributed by atoms with Crippen LogP contribution >= 0.6 is 23.4 Å². The van der Waals surface area contributed by atoms with E-state index in [0.29, 0.717) is 33.4 Å². The first-order valence-electron chi connectivity index (χ1n) is 10.3. The van der Waals surface area contributed by atoms with Gasteiger partial charge in [-0.2, -0.15) is 0 Å². The number of rotatable bonds is 8. The van der Waals surface area contributed by atoms with Crippen LogP contribution < -0.4 is 5.32 Å². The number of thioether (sulfide) groups is 1. The largest absolute Gasteiger partial charge is 0.467 e. The average molecular weight is 492 g/mol. The van der Waals surface area contributed by atoms with Crippen molar-refractivity contribution in [2.75, 3.05) is 0 Å². The molecule has 1 N–H and O–H groups in total. The summed E-state index contributed by atoms with van der Waals surface area (Å²) in [4.78, 5) is 16.6. The third kappa shape index (κ3) is 4.75. The van der Waals surface area contributed by atoms with Crippen molar-refractivity contribution >= 4 is 29.3 Å². The van der Waals surface area contributed by atoms with Gasteiger partial charge in [-0.3, -0.25) is 9.36 Å². The molecule has 0 radical (unpaired) electrons. The van der Waals surface area contributed by atoms with Crippen LogP contribution in [0.25, 0.3) is 17.1 Å². The summed E-state index contributed by atoms with van der Waals surface area (Å²) in [7, 11) is 0. The zero-order valence-corrected chi connectivity index (χ0v) is 19.3. The van der Waals surface area contributed by atoms with Gasteiger partial charge in [-0.15, -0.1) is 10.2 Å². The Morgan fingerprint density at radius 2 is 1.82 bits per heavy atom. The maximum absolute atomic E-state index is 12.3. The number of furan rings is 1. The Labute approximate surface area is 204 Å². The number of aromatic nitrogens is 4. The highest BCUT2D eigenvalue weighted by Crippen LogP contribution is 2.32. The molecule has 0 bridgehead atoms. The second-order valence-electron chi connectivity index (χ2n) is 7.13. The zero-order valence-electron chi connectivity index (χ0n) is 17.7. The Kier molecular flexibility index (Phi) is 6.46. The summed E-state index contributed by atoms with van der Waals surface area (Å²) in [6, 6.07) is 20.8. The highest BCUT2D eigenvalue weighted by atomic mass is 35.5. The molecular formula is C24H18ClN5O3S. The van der Waals surface area contributed by atoms with E-state index in [1.54, 1.807) is 18.4 Å². The van der Waals surface area contributed by atoms with Crippen molar-refractivity contribution < 1.29 is 13.6 Å². The number of carbonyl (C=O) groups is 1. The number of nitrogens with one attached hydrogen (secondary N) is 1. The van der Waals surface area contributed by atoms with Crippen LogP contribution in [0.5, 0.6) is 0 Å². The molecule has 0 aliphatic heterocycles. The minimum Gasteiger partial charge on any atom is -0.467 e. The summed E-state index contributed by atoms with van der Waals surface area (Å²) in [5.41, 5.74) is 1.87. The second kappa shape index (κ2) is 9.98. The molecule has 0 atom stereocenters. The van der Waals surface area contributed by atoms with E-state index in [2.05, 4.69) is 20.5 Å². The van der Waals surface area contributed by atoms with Crippen LogP contribution in [-0.4, -0.2) is 25.7 Å². The zero-order chi connectivity index (χ0) is 23.3. The van der Waals surface area contributed by atoms with Gasteiger partial charge in [0.15, 0.2) is 16.7 Å². The quantitative estimate of drug-likeness (QED) is 0.290. The number of oxazole rings is 1. The standard InChI is InChI=1S/C24H18ClN5O3S/c25-19-11-5-4-10-18(19)22-28-29-24(30(22)16-7-2-1-3-8-16)34-15-21-27-20(14-33-21)23(31)26-13-17-9-6-12-32-17/h1-12,14H,13,15H2,(H,26,31). The summed E-state index contributed by atoms with van der Waals surface area (Å²) in [5.74, 6) is 1.70. The van der Waals surface area contributed by atoms with Gasteiger partial charge in [0.05, 0.1) is 23.6 Å². The molecule has 3 heterocycles. The van der Waals surface area contributed by atoms with Gasteiger partial charge in [-0.25, -0.2) is 4.98 Å². The molecule has 1 amide bonds. The third-order valence-electron chi connectivity index (χ3n) is 4.87. The van der Waals surface area contributed by atoms with E-state index in [4.69, 9.17) is 20.4 Å². The first-order valence-corrected chi connectivity index (χ1v) is 11.7. The number of nitrogens with zero attached hydrogens (tertiary/aromatic N) is 4. The lowest BCUT2D eigenvalue weighted by Crippen LogP contribution is -2.22. The third-order valence-corrected chi connectivity index (χ3v) is 6.12. The van der Waals surface area contributed by atoms with E-state index >= 15 is 0 Å². The fourth-order valence-corrected chi connectivity index (χ4v) is 4.29. The molecule has 0 saturated carbocycles. The van der Waals surface area contributed by atoms with Crippen LogP contribution in [0.1, 0.15) is 22.1 Å². The van der Waals surface area contributed by atoms with Gasteiger partial charge in [0.1, 0.15) is 12.0 Å². The van der Waals surface area contributed by atoms with Crippen molar-refractivity contribution in [2.45, 2.75) is 17.5 Å². The lowest BCUT2D eigenvalue weighted by atomic mass is 10.2. The van der Waals surface area contributed by atoms with E-state index < -0.39 is 0 Å². The van der Waals surface area contributed by atoms with Crippen molar-refractivity contribution in [3.63, 3.8) is 0 Å². The van der Waals surface area contributed by atoms with Crippen molar-refractivity contribution in [3.05, 3.63) is 102 Å². The molecule has 3 aromatic heterocycles. The summed E-state index contributed by atoms with van der Waals surface area (Å²) in [6.45, 7) is 0.272. The van der Waals surface area contributed by atoms with Gasteiger partial charge in [0.25, 0.3) is 5.91 Å². The maximum atomic E-state index is 12.3. The SMILES string of the molecule is O=C(NCc1ccco1)c1coc(CSc2nnc(-c3ccccc3Cl)n2-c2ccccc2)n1. The first-order chi connectivity index (χ1) is 16.7. The molecule has 5 aromatic rings. The molecule has 2 aromatic carbocycles. The van der Waals surface area contributed by atoms with E-state index in [9.17, 15) is 4.79 Å². The number of hydrogen-bond acceptors (Lipinski definition) is 7. The van der Waals surface area contributed by atoms with Crippen LogP contribution in [-0.2, 0) is 12.3 Å². The maximum Gasteiger partial charge on any atom is 0.273 e. The second-order valence-corrected chi connectivity index (χ2v) is 8.48. The van der Waals surface area contributed by atoms with Crippen molar-refractivity contribution in [1.29, 1.82) is 0 Å². The summed E-state index contributed by atoms with van der Waals surface area (Å²) in [5, 5.41) is 12.8. The van der Waals surface area contributed by atoms with Crippen LogP contribution in [0.3, 0.4) is 0 Å². The van der Waals surface area contributed by atoms with Crippen LogP contribution in [0, 0.1) is 0 Å². The van der Waals surface area contributed by atoms with Crippen molar-refractivity contribution in [3.8, 4) is 17.1 Å². The Hall–Kier alpha value is -3.82.